The molecule has 2 rings (SSSR count). The smallest absolute Gasteiger partial charge is 0.0492 e. The first kappa shape index (κ1) is 10.9. The summed E-state index contributed by atoms with van der Waals surface area (Å²) < 4.78 is 1.36. The van der Waals surface area contributed by atoms with E-state index in [1.165, 1.54) is 19.9 Å². The van der Waals surface area contributed by atoms with Crippen molar-refractivity contribution in [3.05, 3.63) is 23.1 Å². The van der Waals surface area contributed by atoms with E-state index in [-0.39, 0.29) is 0 Å². The Morgan fingerprint density at radius 1 is 1.50 bits per heavy atom. The van der Waals surface area contributed by atoms with Crippen LogP contribution in [0.2, 0.25) is 0 Å². The Morgan fingerprint density at radius 3 is 2.93 bits per heavy atom. The maximum atomic E-state index is 4.47. The second kappa shape index (κ2) is 4.47. The molecular weight excluding hydrogens is 296 g/mol. The van der Waals surface area contributed by atoms with Crippen molar-refractivity contribution in [3.8, 4) is 0 Å². The van der Waals surface area contributed by atoms with Gasteiger partial charge in [0.2, 0.25) is 0 Å². The summed E-state index contributed by atoms with van der Waals surface area (Å²) in [7, 11) is 0. The normalized spacial score (nSPS) is 11.1. The molecule has 2 aromatic rings. The molecule has 0 aliphatic heterocycles. The molecule has 0 saturated heterocycles. The zero-order chi connectivity index (χ0) is 10.1. The van der Waals surface area contributed by atoms with Crippen molar-refractivity contribution < 1.29 is 0 Å². The summed E-state index contributed by atoms with van der Waals surface area (Å²) in [5.74, 6) is 0. The molecule has 0 N–H and O–H groups in total. The lowest BCUT2D eigenvalue weighted by Gasteiger charge is -1.99. The fraction of sp³-hybridized carbons (Fsp3) is 0.200. The van der Waals surface area contributed by atoms with Crippen molar-refractivity contribution in [1.82, 2.24) is 0 Å². The second-order valence-corrected chi connectivity index (χ2v) is 5.90. The van der Waals surface area contributed by atoms with Gasteiger partial charge in [0.1, 0.15) is 0 Å². The third-order valence-electron chi connectivity index (χ3n) is 2.03. The predicted molar refractivity (Wildman–Crippen MR) is 73.5 cm³/mol. The first-order valence-electron chi connectivity index (χ1n) is 4.10. The van der Waals surface area contributed by atoms with Crippen molar-refractivity contribution in [3.63, 3.8) is 0 Å². The minimum Gasteiger partial charge on any atom is -0.143 e. The van der Waals surface area contributed by atoms with Gasteiger partial charge >= 0.3 is 0 Å². The topological polar surface area (TPSA) is 0 Å². The fourth-order valence-corrected chi connectivity index (χ4v) is 4.01. The van der Waals surface area contributed by atoms with Crippen LogP contribution in [0.25, 0.3) is 10.1 Å². The molecule has 0 amide bonds. The second-order valence-electron chi connectivity index (χ2n) is 2.88. The van der Waals surface area contributed by atoms with Crippen molar-refractivity contribution in [2.45, 2.75) is 15.1 Å². The zero-order valence-corrected chi connectivity index (χ0v) is 11.7. The number of hydrogen-bond acceptors (Lipinski definition) is 3. The molecule has 0 atom stereocenters. The van der Waals surface area contributed by atoms with Gasteiger partial charge in [-0.15, -0.1) is 35.7 Å². The molecule has 74 valence electrons. The Morgan fingerprint density at radius 2 is 2.29 bits per heavy atom. The molecule has 0 saturated carbocycles. The van der Waals surface area contributed by atoms with Crippen LogP contribution >= 0.6 is 51.7 Å². The first-order valence-corrected chi connectivity index (χ1v) is 7.71. The monoisotopic (exact) mass is 304 g/mol. The number of thiophene rings is 1. The Bertz CT molecular complexity index is 462. The standard InChI is InChI=1S/C10H9BrS3/c1-13-9-3-2-8(12)7-4-6(5-11)14-10(7)9/h2-4,12H,5H2,1H3. The van der Waals surface area contributed by atoms with Crippen LogP contribution in [-0.2, 0) is 5.33 Å². The summed E-state index contributed by atoms with van der Waals surface area (Å²) >= 11 is 11.6. The number of benzene rings is 1. The summed E-state index contributed by atoms with van der Waals surface area (Å²) in [5.41, 5.74) is 0. The Labute approximate surface area is 106 Å². The summed E-state index contributed by atoms with van der Waals surface area (Å²) in [4.78, 5) is 3.77. The average molecular weight is 305 g/mol. The van der Waals surface area contributed by atoms with Crippen LogP contribution in [0, 0.1) is 0 Å². The molecule has 0 spiro atoms. The highest BCUT2D eigenvalue weighted by Gasteiger charge is 2.07. The van der Waals surface area contributed by atoms with Crippen molar-refractivity contribution in [2.24, 2.45) is 0 Å². The van der Waals surface area contributed by atoms with E-state index in [0.29, 0.717) is 0 Å². The lowest BCUT2D eigenvalue weighted by atomic mass is 10.2. The van der Waals surface area contributed by atoms with Crippen LogP contribution in [-0.4, -0.2) is 6.26 Å². The van der Waals surface area contributed by atoms with E-state index in [2.05, 4.69) is 53.0 Å². The Kier molecular flexibility index (Phi) is 3.47. The van der Waals surface area contributed by atoms with Gasteiger partial charge in [-0.2, -0.15) is 0 Å². The van der Waals surface area contributed by atoms with Gasteiger partial charge in [-0.05, 0) is 24.5 Å². The Hall–Kier alpha value is 0.360. The fourth-order valence-electron chi connectivity index (χ4n) is 1.36. The van der Waals surface area contributed by atoms with E-state index in [1.807, 2.05) is 11.3 Å². The minimum atomic E-state index is 0.924. The van der Waals surface area contributed by atoms with E-state index >= 15 is 0 Å². The lowest BCUT2D eigenvalue weighted by molar-refractivity contribution is 1.48. The Balaban J connectivity index is 2.74. The minimum absolute atomic E-state index is 0.924. The van der Waals surface area contributed by atoms with Crippen molar-refractivity contribution in [2.75, 3.05) is 6.26 Å². The lowest BCUT2D eigenvalue weighted by Crippen LogP contribution is -1.72. The summed E-state index contributed by atoms with van der Waals surface area (Å²) in [6.45, 7) is 0. The van der Waals surface area contributed by atoms with E-state index in [9.17, 15) is 0 Å². The van der Waals surface area contributed by atoms with Crippen LogP contribution in [0.5, 0.6) is 0 Å². The number of fused-ring (bicyclic) bond motifs is 1. The van der Waals surface area contributed by atoms with Crippen LogP contribution in [0.3, 0.4) is 0 Å². The van der Waals surface area contributed by atoms with Gasteiger partial charge in [0, 0.05) is 30.1 Å². The molecule has 14 heavy (non-hydrogen) atoms. The molecule has 0 unspecified atom stereocenters. The van der Waals surface area contributed by atoms with Gasteiger partial charge in [-0.25, -0.2) is 0 Å². The molecule has 1 heterocycles. The molecule has 0 radical (unpaired) electrons. The third kappa shape index (κ3) is 1.85. The number of halogens is 1. The van der Waals surface area contributed by atoms with E-state index < -0.39 is 0 Å². The van der Waals surface area contributed by atoms with Gasteiger partial charge in [-0.3, -0.25) is 0 Å². The third-order valence-corrected chi connectivity index (χ3v) is 5.47. The summed E-state index contributed by atoms with van der Waals surface area (Å²) in [6, 6.07) is 6.43. The zero-order valence-electron chi connectivity index (χ0n) is 7.58. The SMILES string of the molecule is CSc1ccc(S)c2cc(CBr)sc12. The largest absolute Gasteiger partial charge is 0.143 e. The van der Waals surface area contributed by atoms with Crippen LogP contribution in [0.1, 0.15) is 4.88 Å². The molecule has 0 bridgehead atoms. The maximum Gasteiger partial charge on any atom is 0.0492 e. The van der Waals surface area contributed by atoms with Crippen LogP contribution in [0.15, 0.2) is 28.0 Å². The average Bonchev–Trinajstić information content (AvgIpc) is 2.63. The van der Waals surface area contributed by atoms with Gasteiger partial charge < -0.3 is 0 Å². The first-order chi connectivity index (χ1) is 6.76. The quantitative estimate of drug-likeness (QED) is 0.472. The van der Waals surface area contributed by atoms with E-state index in [4.69, 9.17) is 0 Å². The van der Waals surface area contributed by atoms with Gasteiger partial charge in [-0.1, -0.05) is 15.9 Å². The summed E-state index contributed by atoms with van der Waals surface area (Å²) in [6.07, 6.45) is 2.11. The van der Waals surface area contributed by atoms with Crippen LogP contribution in [0.4, 0.5) is 0 Å². The number of thiol groups is 1. The van der Waals surface area contributed by atoms with Gasteiger partial charge in [0.05, 0.1) is 0 Å². The predicted octanol–water partition coefficient (Wildman–Crippen LogP) is 4.81. The molecule has 1 aromatic carbocycles. The van der Waals surface area contributed by atoms with Gasteiger partial charge in [0.25, 0.3) is 0 Å². The molecule has 0 aliphatic rings. The highest BCUT2D eigenvalue weighted by atomic mass is 79.9. The highest BCUT2D eigenvalue weighted by Crippen LogP contribution is 2.37. The molecule has 0 aliphatic carbocycles. The molecule has 0 nitrogen and oxygen atoms in total. The number of rotatable bonds is 2. The molecule has 1 aromatic heterocycles. The summed E-state index contributed by atoms with van der Waals surface area (Å²) in [5, 5.41) is 2.20. The van der Waals surface area contributed by atoms with Gasteiger partial charge in [0.15, 0.2) is 0 Å². The number of hydrogen-bond donors (Lipinski definition) is 1. The van der Waals surface area contributed by atoms with Crippen LogP contribution < -0.4 is 0 Å². The highest BCUT2D eigenvalue weighted by molar-refractivity contribution is 9.08. The van der Waals surface area contributed by atoms with E-state index in [1.54, 1.807) is 11.8 Å². The molecular formula is C10H9BrS3. The number of thioether (sulfide) groups is 1. The number of alkyl halides is 1. The van der Waals surface area contributed by atoms with Crippen molar-refractivity contribution >= 4 is 61.7 Å². The van der Waals surface area contributed by atoms with Crippen molar-refractivity contribution in [1.29, 1.82) is 0 Å². The maximum absolute atomic E-state index is 4.47. The molecule has 0 fully saturated rings. The van der Waals surface area contributed by atoms with E-state index in [0.717, 1.165) is 10.2 Å². The molecule has 4 heteroatoms.